The first-order valence-electron chi connectivity index (χ1n) is 15.6. The maximum atomic E-state index is 11.0. The monoisotopic (exact) mass is 765 g/mol. The molecule has 0 saturated carbocycles. The zero-order valence-corrected chi connectivity index (χ0v) is 29.8. The molecule has 1 heterocycles. The predicted molar refractivity (Wildman–Crippen MR) is 184 cm³/mol. The van der Waals surface area contributed by atoms with E-state index < -0.39 is 0 Å². The molecule has 0 aliphatic heterocycles. The Hall–Kier alpha value is -3.33. The summed E-state index contributed by atoms with van der Waals surface area (Å²) >= 11 is 0. The van der Waals surface area contributed by atoms with E-state index in [1.807, 2.05) is 33.9 Å². The van der Waals surface area contributed by atoms with Gasteiger partial charge in [0.2, 0.25) is 0 Å². The molecule has 1 aromatic heterocycles. The summed E-state index contributed by atoms with van der Waals surface area (Å²) in [5.41, 5.74) is 4.83. The third kappa shape index (κ3) is 8.64. The average Bonchev–Trinajstić information content (AvgIpc) is 2.95. The molecule has 233 valence electrons. The van der Waals surface area contributed by atoms with Gasteiger partial charge in [0, 0.05) is 44.2 Å². The molecule has 0 aliphatic rings. The van der Waals surface area contributed by atoms with Crippen LogP contribution in [0.15, 0.2) is 84.8 Å². The topological polar surface area (TPSA) is 50.2 Å². The minimum absolute atomic E-state index is 0. The van der Waals surface area contributed by atoms with Crippen molar-refractivity contribution in [3.8, 4) is 11.3 Å². The van der Waals surface area contributed by atoms with Crippen LogP contribution in [-0.4, -0.2) is 15.9 Å². The van der Waals surface area contributed by atoms with Gasteiger partial charge in [-0.1, -0.05) is 104 Å². The van der Waals surface area contributed by atoms with E-state index in [1.165, 1.54) is 49.5 Å². The SMILES string of the molecule is CC(C)C(=O)/C=C(\O)C(C)C.CC(C)Cc1[c-]c(-c2nccc3c2ccc2c4ccccc4ccc32)cc(CC(C)C)c1.[Ir]. The van der Waals surface area contributed by atoms with Gasteiger partial charge < -0.3 is 10.1 Å². The van der Waals surface area contributed by atoms with E-state index in [9.17, 15) is 9.90 Å². The molecule has 44 heavy (non-hydrogen) atoms. The summed E-state index contributed by atoms with van der Waals surface area (Å²) in [6.07, 6.45) is 5.39. The smallest absolute Gasteiger partial charge is 0.161 e. The van der Waals surface area contributed by atoms with E-state index >= 15 is 0 Å². The molecule has 4 heteroatoms. The molecule has 5 rings (SSSR count). The Morgan fingerprint density at radius 1 is 0.750 bits per heavy atom. The van der Waals surface area contributed by atoms with Crippen molar-refractivity contribution in [2.75, 3.05) is 0 Å². The standard InChI is InChI=1S/C31H30N.C9H16O2.Ir/c1-20(2)15-22-17-23(16-21(3)4)19-25(18-22)31-30-12-11-27-26-8-6-5-7-24(26)9-10-28(27)29(30)13-14-32-31;1-6(2)8(10)5-9(11)7(3)4;/h5-14,17-18,20-21H,15-16H2,1-4H3;5-7,10H,1-4H3;/q-1;;/b;8-5-;. The van der Waals surface area contributed by atoms with Crippen molar-refractivity contribution in [3.63, 3.8) is 0 Å². The normalized spacial score (nSPS) is 11.9. The summed E-state index contributed by atoms with van der Waals surface area (Å²) < 4.78 is 0. The van der Waals surface area contributed by atoms with E-state index in [2.05, 4.69) is 100 Å². The van der Waals surface area contributed by atoms with E-state index in [1.54, 1.807) is 0 Å². The quantitative estimate of drug-likeness (QED) is 0.0741. The summed E-state index contributed by atoms with van der Waals surface area (Å²) in [4.78, 5) is 15.9. The molecule has 0 spiro atoms. The molecule has 0 unspecified atom stereocenters. The molecular weight excluding hydrogens is 719 g/mol. The minimum atomic E-state index is -0.0316. The number of ketones is 1. The predicted octanol–water partition coefficient (Wildman–Crippen LogP) is 10.7. The average molecular weight is 765 g/mol. The first-order valence-corrected chi connectivity index (χ1v) is 15.6. The van der Waals surface area contributed by atoms with Crippen LogP contribution in [0.3, 0.4) is 0 Å². The van der Waals surface area contributed by atoms with Crippen molar-refractivity contribution in [2.24, 2.45) is 23.7 Å². The number of aromatic nitrogens is 1. The summed E-state index contributed by atoms with van der Waals surface area (Å²) in [6, 6.07) is 28.1. The van der Waals surface area contributed by atoms with Crippen molar-refractivity contribution >= 4 is 38.1 Å². The van der Waals surface area contributed by atoms with Gasteiger partial charge in [-0.3, -0.25) is 4.79 Å². The van der Waals surface area contributed by atoms with Gasteiger partial charge in [-0.15, -0.1) is 34.9 Å². The molecule has 0 atom stereocenters. The second-order valence-corrected chi connectivity index (χ2v) is 13.1. The first kappa shape index (κ1) is 35.2. The zero-order chi connectivity index (χ0) is 31.3. The molecule has 1 radical (unpaired) electrons. The third-order valence-electron chi connectivity index (χ3n) is 7.63. The maximum Gasteiger partial charge on any atom is 0.161 e. The van der Waals surface area contributed by atoms with Crippen LogP contribution in [0.25, 0.3) is 43.6 Å². The molecule has 5 aromatic rings. The van der Waals surface area contributed by atoms with Crippen molar-refractivity contribution in [3.05, 3.63) is 102 Å². The van der Waals surface area contributed by atoms with Crippen LogP contribution in [0.5, 0.6) is 0 Å². The Balaban J connectivity index is 0.000000380. The number of carbonyl (C=O) groups is 1. The van der Waals surface area contributed by atoms with Crippen LogP contribution >= 0.6 is 0 Å². The largest absolute Gasteiger partial charge is 0.512 e. The second kappa shape index (κ2) is 15.6. The number of allylic oxidation sites excluding steroid dienone is 2. The summed E-state index contributed by atoms with van der Waals surface area (Å²) in [5, 5.41) is 16.8. The molecule has 4 aromatic carbocycles. The number of rotatable bonds is 8. The van der Waals surface area contributed by atoms with E-state index in [-0.39, 0.29) is 43.5 Å². The van der Waals surface area contributed by atoms with Crippen LogP contribution in [0.4, 0.5) is 0 Å². The fourth-order valence-electron chi connectivity index (χ4n) is 5.41. The molecule has 0 bridgehead atoms. The summed E-state index contributed by atoms with van der Waals surface area (Å²) in [5.74, 6) is 1.38. The van der Waals surface area contributed by atoms with E-state index in [0.29, 0.717) is 11.8 Å². The molecule has 0 saturated heterocycles. The van der Waals surface area contributed by atoms with E-state index in [0.717, 1.165) is 24.1 Å². The Kier molecular flexibility index (Phi) is 12.5. The van der Waals surface area contributed by atoms with Gasteiger partial charge >= 0.3 is 0 Å². The van der Waals surface area contributed by atoms with Crippen LogP contribution in [0.2, 0.25) is 0 Å². The van der Waals surface area contributed by atoms with Crippen LogP contribution < -0.4 is 0 Å². The van der Waals surface area contributed by atoms with Crippen molar-refractivity contribution in [2.45, 2.75) is 68.2 Å². The number of hydrogen-bond donors (Lipinski definition) is 1. The van der Waals surface area contributed by atoms with Gasteiger partial charge in [0.05, 0.1) is 5.76 Å². The van der Waals surface area contributed by atoms with Crippen LogP contribution in [0.1, 0.15) is 66.5 Å². The molecular formula is C40H46IrNO2-. The van der Waals surface area contributed by atoms with Gasteiger partial charge in [-0.2, -0.15) is 0 Å². The van der Waals surface area contributed by atoms with Gasteiger partial charge in [0.15, 0.2) is 5.78 Å². The number of benzene rings is 4. The number of carbonyl (C=O) groups excluding carboxylic acids is 1. The maximum absolute atomic E-state index is 11.0. The van der Waals surface area contributed by atoms with Gasteiger partial charge in [-0.25, -0.2) is 0 Å². The third-order valence-corrected chi connectivity index (χ3v) is 7.63. The van der Waals surface area contributed by atoms with Crippen LogP contribution in [-0.2, 0) is 37.7 Å². The van der Waals surface area contributed by atoms with Gasteiger partial charge in [0.1, 0.15) is 0 Å². The Morgan fingerprint density at radius 3 is 2.02 bits per heavy atom. The molecule has 0 fully saturated rings. The fourth-order valence-corrected chi connectivity index (χ4v) is 5.41. The molecule has 0 amide bonds. The number of hydrogen-bond acceptors (Lipinski definition) is 3. The second-order valence-electron chi connectivity index (χ2n) is 13.1. The zero-order valence-electron chi connectivity index (χ0n) is 27.4. The summed E-state index contributed by atoms with van der Waals surface area (Å²) in [6.45, 7) is 16.4. The van der Waals surface area contributed by atoms with Crippen molar-refractivity contribution in [1.29, 1.82) is 0 Å². The number of aliphatic hydroxyl groups is 1. The molecule has 0 aliphatic carbocycles. The number of fused-ring (bicyclic) bond motifs is 5. The number of nitrogens with zero attached hydrogens (tertiary/aromatic N) is 1. The van der Waals surface area contributed by atoms with Gasteiger partial charge in [0.25, 0.3) is 0 Å². The Bertz CT molecular complexity index is 1740. The van der Waals surface area contributed by atoms with Crippen LogP contribution in [0, 0.1) is 29.7 Å². The summed E-state index contributed by atoms with van der Waals surface area (Å²) in [7, 11) is 0. The Labute approximate surface area is 277 Å². The van der Waals surface area contributed by atoms with Crippen molar-refractivity contribution < 1.29 is 30.0 Å². The Morgan fingerprint density at radius 2 is 1.36 bits per heavy atom. The van der Waals surface area contributed by atoms with Gasteiger partial charge in [-0.05, 0) is 68.8 Å². The number of pyridine rings is 1. The first-order chi connectivity index (χ1) is 20.4. The molecule has 1 N–H and O–H groups in total. The number of aliphatic hydroxyl groups excluding tert-OH is 1. The van der Waals surface area contributed by atoms with E-state index in [4.69, 9.17) is 4.98 Å². The minimum Gasteiger partial charge on any atom is -0.512 e. The molecule has 3 nitrogen and oxygen atoms in total. The van der Waals surface area contributed by atoms with Crippen molar-refractivity contribution in [1.82, 2.24) is 4.98 Å². The fraction of sp³-hybridized carbons (Fsp3) is 0.350.